The summed E-state index contributed by atoms with van der Waals surface area (Å²) >= 11 is 1.54. The highest BCUT2D eigenvalue weighted by molar-refractivity contribution is 7.13. The van der Waals surface area contributed by atoms with E-state index in [-0.39, 0.29) is 12.5 Å². The molecule has 0 spiro atoms. The first kappa shape index (κ1) is 19.1. The fraction of sp³-hybridized carbons (Fsp3) is 0.350. The van der Waals surface area contributed by atoms with Crippen molar-refractivity contribution in [3.63, 3.8) is 0 Å². The molecule has 0 saturated carbocycles. The van der Waals surface area contributed by atoms with E-state index in [1.165, 1.54) is 5.56 Å². The number of aryl methyl sites for hydroxylation is 2. The number of thiophene rings is 1. The monoisotopic (exact) mass is 385 g/mol. The van der Waals surface area contributed by atoms with Gasteiger partial charge in [-0.25, -0.2) is 0 Å². The number of nitrogens with zero attached hydrogens (tertiary/aromatic N) is 3. The summed E-state index contributed by atoms with van der Waals surface area (Å²) in [5.74, 6) is 1.52. The van der Waals surface area contributed by atoms with Crippen LogP contribution in [-0.4, -0.2) is 33.6 Å². The summed E-state index contributed by atoms with van der Waals surface area (Å²) in [5, 5.41) is 5.95. The second-order valence-corrected chi connectivity index (χ2v) is 7.30. The number of amides is 1. The van der Waals surface area contributed by atoms with Gasteiger partial charge in [-0.15, -0.1) is 11.3 Å². The molecule has 1 aromatic carbocycles. The molecule has 3 rings (SSSR count). The van der Waals surface area contributed by atoms with Gasteiger partial charge in [-0.3, -0.25) is 4.79 Å². The minimum absolute atomic E-state index is 0.119. The van der Waals surface area contributed by atoms with Crippen molar-refractivity contribution in [2.75, 3.05) is 6.54 Å². The zero-order valence-electron chi connectivity index (χ0n) is 15.9. The summed E-state index contributed by atoms with van der Waals surface area (Å²) in [6.45, 7) is 8.52. The molecular weight excluding hydrogens is 362 g/mol. The van der Waals surface area contributed by atoms with E-state index in [1.54, 1.807) is 23.2 Å². The molecule has 2 heterocycles. The number of likely N-dealkylation sites (N-methyl/N-ethyl adjacent to an activating group) is 1. The summed E-state index contributed by atoms with van der Waals surface area (Å²) < 4.78 is 11.1. The van der Waals surface area contributed by atoms with Crippen molar-refractivity contribution in [2.24, 2.45) is 0 Å². The number of ether oxygens (including phenoxy) is 1. The third-order valence-electron chi connectivity index (χ3n) is 4.37. The van der Waals surface area contributed by atoms with E-state index in [9.17, 15) is 4.79 Å². The molecule has 142 valence electrons. The van der Waals surface area contributed by atoms with E-state index in [4.69, 9.17) is 9.26 Å². The summed E-state index contributed by atoms with van der Waals surface area (Å²) in [5.41, 5.74) is 2.32. The maximum atomic E-state index is 12.8. The molecule has 0 radical (unpaired) electrons. The lowest BCUT2D eigenvalue weighted by Gasteiger charge is -2.23. The second kappa shape index (κ2) is 8.35. The lowest BCUT2D eigenvalue weighted by Crippen LogP contribution is -2.40. The molecule has 0 saturated heterocycles. The van der Waals surface area contributed by atoms with Crippen LogP contribution in [0.1, 0.15) is 30.9 Å². The third-order valence-corrected chi connectivity index (χ3v) is 5.23. The fourth-order valence-electron chi connectivity index (χ4n) is 2.63. The van der Waals surface area contributed by atoms with Crippen molar-refractivity contribution in [2.45, 2.75) is 40.3 Å². The molecule has 0 bridgehead atoms. The van der Waals surface area contributed by atoms with Crippen LogP contribution < -0.4 is 4.74 Å². The first-order chi connectivity index (χ1) is 13.0. The van der Waals surface area contributed by atoms with E-state index in [0.29, 0.717) is 24.0 Å². The number of rotatable bonds is 7. The molecule has 7 heteroatoms. The number of hydrogen-bond acceptors (Lipinski definition) is 6. The normalized spacial score (nSPS) is 12.0. The highest BCUT2D eigenvalue weighted by atomic mass is 32.1. The number of aromatic nitrogens is 2. The molecule has 6 nitrogen and oxygen atoms in total. The summed E-state index contributed by atoms with van der Waals surface area (Å²) in [7, 11) is 0. The van der Waals surface area contributed by atoms with Crippen LogP contribution in [0.4, 0.5) is 0 Å². The molecule has 0 aliphatic carbocycles. The van der Waals surface area contributed by atoms with Gasteiger partial charge in [0.25, 0.3) is 5.91 Å². The van der Waals surface area contributed by atoms with Gasteiger partial charge < -0.3 is 14.2 Å². The van der Waals surface area contributed by atoms with Gasteiger partial charge in [0, 0.05) is 6.54 Å². The van der Waals surface area contributed by atoms with Crippen LogP contribution in [0.2, 0.25) is 0 Å². The van der Waals surface area contributed by atoms with Gasteiger partial charge in [0.15, 0.2) is 6.10 Å². The maximum Gasteiger partial charge on any atom is 0.263 e. The zero-order valence-corrected chi connectivity index (χ0v) is 16.7. The van der Waals surface area contributed by atoms with E-state index in [0.717, 1.165) is 10.4 Å². The van der Waals surface area contributed by atoms with Crippen molar-refractivity contribution in [3.8, 4) is 16.5 Å². The van der Waals surface area contributed by atoms with Crippen LogP contribution in [0.5, 0.6) is 5.75 Å². The Balaban J connectivity index is 1.65. The lowest BCUT2D eigenvalue weighted by molar-refractivity contribution is -0.138. The Morgan fingerprint density at radius 1 is 1.30 bits per heavy atom. The van der Waals surface area contributed by atoms with Crippen LogP contribution in [0.3, 0.4) is 0 Å². The van der Waals surface area contributed by atoms with Crippen molar-refractivity contribution in [3.05, 3.63) is 52.7 Å². The van der Waals surface area contributed by atoms with Gasteiger partial charge in [0.2, 0.25) is 11.7 Å². The van der Waals surface area contributed by atoms with Gasteiger partial charge in [-0.2, -0.15) is 4.98 Å². The fourth-order valence-corrected chi connectivity index (χ4v) is 3.28. The van der Waals surface area contributed by atoms with E-state index in [1.807, 2.05) is 56.5 Å². The van der Waals surface area contributed by atoms with Gasteiger partial charge in [-0.1, -0.05) is 17.3 Å². The Morgan fingerprint density at radius 3 is 2.78 bits per heavy atom. The molecular formula is C20H23N3O3S. The molecule has 0 N–H and O–H groups in total. The van der Waals surface area contributed by atoms with Gasteiger partial charge in [0.1, 0.15) is 12.3 Å². The molecule has 1 amide bonds. The molecule has 0 aliphatic heterocycles. The van der Waals surface area contributed by atoms with Crippen LogP contribution in [0, 0.1) is 13.8 Å². The minimum atomic E-state index is -0.605. The molecule has 0 fully saturated rings. The van der Waals surface area contributed by atoms with Crippen LogP contribution in [-0.2, 0) is 11.3 Å². The molecule has 0 unspecified atom stereocenters. The Labute approximate surface area is 162 Å². The SMILES string of the molecule is CCN(Cc1nc(-c2cccs2)no1)C(=O)[C@@H](C)Oc1ccc(C)c(C)c1. The first-order valence-electron chi connectivity index (χ1n) is 8.87. The van der Waals surface area contributed by atoms with Crippen molar-refractivity contribution in [1.82, 2.24) is 15.0 Å². The average Bonchev–Trinajstić information content (AvgIpc) is 3.33. The lowest BCUT2D eigenvalue weighted by atomic mass is 10.1. The number of carbonyl (C=O) groups is 1. The molecule has 3 aromatic rings. The van der Waals surface area contributed by atoms with E-state index >= 15 is 0 Å². The van der Waals surface area contributed by atoms with E-state index in [2.05, 4.69) is 10.1 Å². The van der Waals surface area contributed by atoms with Gasteiger partial charge in [0.05, 0.1) is 4.88 Å². The first-order valence-corrected chi connectivity index (χ1v) is 9.75. The van der Waals surface area contributed by atoms with Crippen molar-refractivity contribution < 1.29 is 14.1 Å². The van der Waals surface area contributed by atoms with Crippen molar-refractivity contribution >= 4 is 17.2 Å². The smallest absolute Gasteiger partial charge is 0.263 e. The molecule has 0 aliphatic rings. The predicted molar refractivity (Wildman–Crippen MR) is 105 cm³/mol. The molecule has 1 atom stereocenters. The predicted octanol–water partition coefficient (Wildman–Crippen LogP) is 4.23. The number of hydrogen-bond donors (Lipinski definition) is 0. The quantitative estimate of drug-likeness (QED) is 0.609. The third kappa shape index (κ3) is 4.54. The summed E-state index contributed by atoms with van der Waals surface area (Å²) in [4.78, 5) is 19.8. The Bertz CT molecular complexity index is 905. The van der Waals surface area contributed by atoms with Crippen molar-refractivity contribution in [1.29, 1.82) is 0 Å². The highest BCUT2D eigenvalue weighted by Gasteiger charge is 2.23. The topological polar surface area (TPSA) is 68.5 Å². The Hall–Kier alpha value is -2.67. The van der Waals surface area contributed by atoms with Gasteiger partial charge in [-0.05, 0) is 62.4 Å². The van der Waals surface area contributed by atoms with Crippen LogP contribution in [0.25, 0.3) is 10.7 Å². The average molecular weight is 385 g/mol. The Morgan fingerprint density at radius 2 is 2.11 bits per heavy atom. The second-order valence-electron chi connectivity index (χ2n) is 6.35. The highest BCUT2D eigenvalue weighted by Crippen LogP contribution is 2.22. The largest absolute Gasteiger partial charge is 0.481 e. The van der Waals surface area contributed by atoms with Crippen LogP contribution in [0.15, 0.2) is 40.2 Å². The van der Waals surface area contributed by atoms with Crippen LogP contribution >= 0.6 is 11.3 Å². The van der Waals surface area contributed by atoms with E-state index < -0.39 is 6.10 Å². The molecule has 2 aromatic heterocycles. The zero-order chi connectivity index (χ0) is 19.4. The molecule has 27 heavy (non-hydrogen) atoms. The summed E-state index contributed by atoms with van der Waals surface area (Å²) in [6.07, 6.45) is -0.605. The van der Waals surface area contributed by atoms with Gasteiger partial charge >= 0.3 is 0 Å². The standard InChI is InChI=1S/C20H23N3O3S/c1-5-23(12-18-21-19(22-26-18)17-7-6-10-27-17)20(24)15(4)25-16-9-8-13(2)14(3)11-16/h6-11,15H,5,12H2,1-4H3/t15-/m1/s1. The summed E-state index contributed by atoms with van der Waals surface area (Å²) in [6, 6.07) is 9.68. The minimum Gasteiger partial charge on any atom is -0.481 e. The number of benzene rings is 1. The number of carbonyl (C=O) groups excluding carboxylic acids is 1. The maximum absolute atomic E-state index is 12.8. The Kier molecular flexibility index (Phi) is 5.91.